The number of pyridine rings is 1. The van der Waals surface area contributed by atoms with Crippen LogP contribution in [0.5, 0.6) is 0 Å². The third-order valence-electron chi connectivity index (χ3n) is 4.92. The summed E-state index contributed by atoms with van der Waals surface area (Å²) >= 11 is 0. The van der Waals surface area contributed by atoms with Crippen molar-refractivity contribution in [1.82, 2.24) is 19.7 Å². The molecular formula is C23H15F3N4O. The summed E-state index contributed by atoms with van der Waals surface area (Å²) in [4.78, 5) is 8.61. The Labute approximate surface area is 175 Å². The predicted octanol–water partition coefficient (Wildman–Crippen LogP) is 5.48. The Morgan fingerprint density at radius 3 is 2.55 bits per heavy atom. The molecule has 0 spiro atoms. The fourth-order valence-electron chi connectivity index (χ4n) is 3.37. The summed E-state index contributed by atoms with van der Waals surface area (Å²) in [6.07, 6.45) is 3.48. The van der Waals surface area contributed by atoms with Crippen molar-refractivity contribution in [3.05, 3.63) is 89.7 Å². The zero-order valence-corrected chi connectivity index (χ0v) is 16.3. The first kappa shape index (κ1) is 19.0. The number of halogens is 3. The molecule has 8 heteroatoms. The lowest BCUT2D eigenvalue weighted by molar-refractivity contribution is 0.378. The molecule has 154 valence electrons. The molecule has 0 N–H and O–H groups in total. The maximum absolute atomic E-state index is 14.2. The molecule has 0 aliphatic carbocycles. The minimum Gasteiger partial charge on any atom is -0.359 e. The van der Waals surface area contributed by atoms with Crippen molar-refractivity contribution in [1.29, 1.82) is 0 Å². The van der Waals surface area contributed by atoms with Gasteiger partial charge in [-0.25, -0.2) is 23.1 Å². The Balaban J connectivity index is 1.42. The first-order chi connectivity index (χ1) is 15.0. The van der Waals surface area contributed by atoms with Crippen LogP contribution >= 0.6 is 0 Å². The van der Waals surface area contributed by atoms with Gasteiger partial charge in [0.2, 0.25) is 0 Å². The number of hydrogen-bond acceptors (Lipinski definition) is 4. The van der Waals surface area contributed by atoms with Gasteiger partial charge < -0.3 is 9.09 Å². The first-order valence-electron chi connectivity index (χ1n) is 9.48. The van der Waals surface area contributed by atoms with E-state index in [9.17, 15) is 13.2 Å². The van der Waals surface area contributed by atoms with Crippen molar-refractivity contribution in [2.24, 2.45) is 0 Å². The number of imidazole rings is 1. The Morgan fingerprint density at radius 2 is 1.71 bits per heavy atom. The van der Waals surface area contributed by atoms with E-state index in [1.165, 1.54) is 18.2 Å². The van der Waals surface area contributed by atoms with Gasteiger partial charge in [0, 0.05) is 24.0 Å². The number of nitrogens with zero attached hydrogens (tertiary/aromatic N) is 4. The van der Waals surface area contributed by atoms with Crippen molar-refractivity contribution in [3.8, 4) is 34.0 Å². The van der Waals surface area contributed by atoms with Gasteiger partial charge in [0.25, 0.3) is 0 Å². The highest BCUT2D eigenvalue weighted by Crippen LogP contribution is 2.28. The van der Waals surface area contributed by atoms with Crippen molar-refractivity contribution in [2.45, 2.75) is 13.5 Å². The zero-order valence-electron chi connectivity index (χ0n) is 16.3. The summed E-state index contributed by atoms with van der Waals surface area (Å²) in [7, 11) is 0. The molecule has 0 fully saturated rings. The number of benzene rings is 2. The van der Waals surface area contributed by atoms with E-state index < -0.39 is 11.6 Å². The molecule has 0 atom stereocenters. The van der Waals surface area contributed by atoms with Gasteiger partial charge in [-0.15, -0.1) is 0 Å². The number of aromatic nitrogens is 4. The number of aryl methyl sites for hydroxylation is 1. The van der Waals surface area contributed by atoms with Gasteiger partial charge in [0.1, 0.15) is 17.2 Å². The topological polar surface area (TPSA) is 56.7 Å². The molecule has 5 nitrogen and oxygen atoms in total. The van der Waals surface area contributed by atoms with Crippen LogP contribution in [0.4, 0.5) is 13.2 Å². The van der Waals surface area contributed by atoms with Gasteiger partial charge in [-0.1, -0.05) is 17.3 Å². The maximum Gasteiger partial charge on any atom is 0.169 e. The third-order valence-corrected chi connectivity index (χ3v) is 4.92. The second-order valence-corrected chi connectivity index (χ2v) is 7.20. The van der Waals surface area contributed by atoms with Crippen molar-refractivity contribution < 1.29 is 17.7 Å². The van der Waals surface area contributed by atoms with Crippen molar-refractivity contribution in [2.75, 3.05) is 0 Å². The summed E-state index contributed by atoms with van der Waals surface area (Å²) in [6.45, 7) is 2.14. The van der Waals surface area contributed by atoms with Crippen LogP contribution in [0.1, 0.15) is 11.3 Å². The van der Waals surface area contributed by atoms with E-state index in [0.717, 1.165) is 11.6 Å². The van der Waals surface area contributed by atoms with E-state index in [1.54, 1.807) is 35.2 Å². The molecule has 3 aromatic rings. The second kappa shape index (κ2) is 7.39. The van der Waals surface area contributed by atoms with E-state index in [4.69, 9.17) is 4.52 Å². The molecule has 0 radical (unpaired) electrons. The monoisotopic (exact) mass is 420 g/mol. The molecule has 31 heavy (non-hydrogen) atoms. The molecule has 3 heterocycles. The van der Waals surface area contributed by atoms with Gasteiger partial charge in [0.15, 0.2) is 23.2 Å². The SMILES string of the molecule is Cc1ccc(-c2cc(Cn3ccc4nc(-c5cccc(F)c5F)nc-4c3)on2)c(F)c1. The lowest BCUT2D eigenvalue weighted by atomic mass is 10.1. The fourth-order valence-corrected chi connectivity index (χ4v) is 3.37. The molecule has 0 unspecified atom stereocenters. The van der Waals surface area contributed by atoms with Crippen LogP contribution in [0.2, 0.25) is 0 Å². The largest absolute Gasteiger partial charge is 0.359 e. The lowest BCUT2D eigenvalue weighted by Gasteiger charge is -2.04. The van der Waals surface area contributed by atoms with Crippen LogP contribution in [0.3, 0.4) is 0 Å². The zero-order chi connectivity index (χ0) is 21.5. The lowest BCUT2D eigenvalue weighted by Crippen LogP contribution is -1.99. The van der Waals surface area contributed by atoms with Crippen LogP contribution in [-0.2, 0) is 6.54 Å². The van der Waals surface area contributed by atoms with Gasteiger partial charge in [-0.2, -0.15) is 0 Å². The maximum atomic E-state index is 14.2. The van der Waals surface area contributed by atoms with Crippen LogP contribution in [0.15, 0.2) is 65.4 Å². The third kappa shape index (κ3) is 3.56. The summed E-state index contributed by atoms with van der Waals surface area (Å²) in [5, 5.41) is 3.96. The van der Waals surface area contributed by atoms with Crippen molar-refractivity contribution >= 4 is 0 Å². The number of rotatable bonds is 4. The summed E-state index contributed by atoms with van der Waals surface area (Å²) < 4.78 is 48.9. The predicted molar refractivity (Wildman–Crippen MR) is 108 cm³/mol. The quantitative estimate of drug-likeness (QED) is 0.386. The molecule has 0 amide bonds. The highest BCUT2D eigenvalue weighted by molar-refractivity contribution is 5.66. The molecule has 0 saturated heterocycles. The summed E-state index contributed by atoms with van der Waals surface area (Å²) in [5.74, 6) is -1.66. The van der Waals surface area contributed by atoms with Gasteiger partial charge in [-0.3, -0.25) is 0 Å². The van der Waals surface area contributed by atoms with Crippen molar-refractivity contribution in [3.63, 3.8) is 0 Å². The standard InChI is InChI=1S/C23H15F3N4O/c1-13-5-6-15(18(25)9-13)20-10-14(31-29-20)11-30-8-7-19-21(12-30)28-23(27-19)16-3-2-4-17(24)22(16)26/h2-10,12H,11H2,1H3. The Bertz CT molecular complexity index is 1380. The Hall–Kier alpha value is -3.94. The summed E-state index contributed by atoms with van der Waals surface area (Å²) in [6, 6.07) is 12.2. The van der Waals surface area contributed by atoms with Crippen LogP contribution < -0.4 is 0 Å². The normalized spacial score (nSPS) is 11.4. The smallest absolute Gasteiger partial charge is 0.169 e. The molecule has 2 aliphatic rings. The van der Waals surface area contributed by atoms with E-state index in [-0.39, 0.29) is 17.2 Å². The fraction of sp³-hybridized carbons (Fsp3) is 0.0870. The van der Waals surface area contributed by atoms with Gasteiger partial charge >= 0.3 is 0 Å². The molecule has 0 saturated carbocycles. The molecule has 1 aromatic heterocycles. The Morgan fingerprint density at radius 1 is 0.871 bits per heavy atom. The Kier molecular flexibility index (Phi) is 4.54. The molecule has 0 bridgehead atoms. The minimum absolute atomic E-state index is 0.00255. The average molecular weight is 420 g/mol. The van der Waals surface area contributed by atoms with Crippen LogP contribution in [0.25, 0.3) is 34.0 Å². The van der Waals surface area contributed by atoms with E-state index in [0.29, 0.717) is 35.0 Å². The van der Waals surface area contributed by atoms with Gasteiger partial charge in [-0.05, 0) is 42.8 Å². The molecule has 5 rings (SSSR count). The molecule has 2 aromatic carbocycles. The number of fused-ring (bicyclic) bond motifs is 1. The van der Waals surface area contributed by atoms with Crippen LogP contribution in [-0.4, -0.2) is 19.7 Å². The molecule has 2 aliphatic heterocycles. The average Bonchev–Trinajstić information content (AvgIpc) is 3.37. The minimum atomic E-state index is -0.983. The van der Waals surface area contributed by atoms with E-state index >= 15 is 0 Å². The first-order valence-corrected chi connectivity index (χ1v) is 9.48. The highest BCUT2D eigenvalue weighted by Gasteiger charge is 2.18. The second-order valence-electron chi connectivity index (χ2n) is 7.20. The summed E-state index contributed by atoms with van der Waals surface area (Å²) in [5.41, 5.74) is 2.67. The van der Waals surface area contributed by atoms with Crippen LogP contribution in [0, 0.1) is 24.4 Å². The molecular weight excluding hydrogens is 405 g/mol. The van der Waals surface area contributed by atoms with Gasteiger partial charge in [0.05, 0.1) is 17.8 Å². The highest BCUT2D eigenvalue weighted by atomic mass is 19.2. The van der Waals surface area contributed by atoms with E-state index in [1.807, 2.05) is 13.0 Å². The number of hydrogen-bond donors (Lipinski definition) is 0. The van der Waals surface area contributed by atoms with E-state index in [2.05, 4.69) is 15.1 Å².